The average molecular weight is 277 g/mol. The summed E-state index contributed by atoms with van der Waals surface area (Å²) >= 11 is 0. The van der Waals surface area contributed by atoms with E-state index in [1.54, 1.807) is 24.3 Å². The lowest BCUT2D eigenvalue weighted by molar-refractivity contribution is 0.0962. The van der Waals surface area contributed by atoms with Crippen LogP contribution in [0, 0.1) is 0 Å². The molecule has 0 N–H and O–H groups in total. The van der Waals surface area contributed by atoms with E-state index in [1.807, 2.05) is 48.6 Å². The van der Waals surface area contributed by atoms with E-state index in [2.05, 4.69) is 10.0 Å². The van der Waals surface area contributed by atoms with Gasteiger partial charge in [0.2, 0.25) is 0 Å². The molecule has 0 amide bonds. The molecule has 4 nitrogen and oxygen atoms in total. The van der Waals surface area contributed by atoms with E-state index in [4.69, 9.17) is 5.53 Å². The second-order valence-corrected chi connectivity index (χ2v) is 4.50. The van der Waals surface area contributed by atoms with Crippen LogP contribution in [0.2, 0.25) is 0 Å². The average Bonchev–Trinajstić information content (AvgIpc) is 2.55. The molecule has 0 bridgehead atoms. The molecule has 0 aliphatic heterocycles. The fraction of sp³-hybridized carbons (Fsp3) is 0.118. The van der Waals surface area contributed by atoms with Crippen molar-refractivity contribution in [3.8, 4) is 0 Å². The second kappa shape index (κ2) is 7.68. The molecule has 0 heterocycles. The fourth-order valence-electron chi connectivity index (χ4n) is 1.96. The lowest BCUT2D eigenvalue weighted by Crippen LogP contribution is -2.17. The first-order chi connectivity index (χ1) is 10.3. The molecule has 2 rings (SSSR count). The number of ketones is 1. The largest absolute Gasteiger partial charge is 0.294 e. The van der Waals surface area contributed by atoms with Crippen molar-refractivity contribution >= 4 is 11.9 Å². The Bertz CT molecular complexity index is 659. The summed E-state index contributed by atoms with van der Waals surface area (Å²) in [5.41, 5.74) is 10.2. The third-order valence-electron chi connectivity index (χ3n) is 3.02. The van der Waals surface area contributed by atoms with E-state index >= 15 is 0 Å². The Kier molecular flexibility index (Phi) is 5.33. The molecule has 21 heavy (non-hydrogen) atoms. The number of Topliss-reactive ketones (excluding diaryl/α,β-unsaturated/α-hetero) is 1. The molecule has 0 fully saturated rings. The number of azide groups is 1. The molecular formula is C17H15N3O. The first-order valence-corrected chi connectivity index (χ1v) is 6.66. The van der Waals surface area contributed by atoms with E-state index in [0.717, 1.165) is 5.56 Å². The van der Waals surface area contributed by atoms with Crippen LogP contribution < -0.4 is 0 Å². The zero-order valence-corrected chi connectivity index (χ0v) is 11.5. The maximum absolute atomic E-state index is 12.3. The summed E-state index contributed by atoms with van der Waals surface area (Å²) in [6.07, 6.45) is 4.15. The molecule has 0 aliphatic carbocycles. The maximum Gasteiger partial charge on any atom is 0.172 e. The summed E-state index contributed by atoms with van der Waals surface area (Å²) in [7, 11) is 0. The Morgan fingerprint density at radius 2 is 1.71 bits per heavy atom. The van der Waals surface area contributed by atoms with Gasteiger partial charge in [0.15, 0.2) is 5.78 Å². The number of nitrogens with zero attached hydrogens (tertiary/aromatic N) is 3. The summed E-state index contributed by atoms with van der Waals surface area (Å²) in [4.78, 5) is 15.1. The first-order valence-electron chi connectivity index (χ1n) is 6.66. The van der Waals surface area contributed by atoms with Crippen LogP contribution in [0.15, 0.2) is 71.9 Å². The Morgan fingerprint density at radius 3 is 2.33 bits per heavy atom. The van der Waals surface area contributed by atoms with Crippen molar-refractivity contribution in [2.45, 2.75) is 12.5 Å². The van der Waals surface area contributed by atoms with Gasteiger partial charge in [-0.15, -0.1) is 0 Å². The highest BCUT2D eigenvalue weighted by Gasteiger charge is 2.16. The van der Waals surface area contributed by atoms with Gasteiger partial charge in [-0.05, 0) is 17.5 Å². The number of rotatable bonds is 6. The quantitative estimate of drug-likeness (QED) is 0.328. The normalized spacial score (nSPS) is 11.8. The van der Waals surface area contributed by atoms with E-state index in [1.165, 1.54) is 0 Å². The van der Waals surface area contributed by atoms with E-state index < -0.39 is 6.04 Å². The van der Waals surface area contributed by atoms with Crippen molar-refractivity contribution in [1.29, 1.82) is 0 Å². The number of carbonyl (C=O) groups excluding carboxylic acids is 1. The van der Waals surface area contributed by atoms with Gasteiger partial charge in [-0.1, -0.05) is 77.9 Å². The van der Waals surface area contributed by atoms with Crippen LogP contribution in [0.5, 0.6) is 0 Å². The molecule has 104 valence electrons. The SMILES string of the molecule is [N-]=[N+]=NC(CC=Cc1ccccc1)C(=O)c1ccccc1. The maximum atomic E-state index is 12.3. The van der Waals surface area contributed by atoms with Gasteiger partial charge in [-0.3, -0.25) is 4.79 Å². The number of hydrogen-bond donors (Lipinski definition) is 0. The van der Waals surface area contributed by atoms with Gasteiger partial charge in [-0.25, -0.2) is 0 Å². The smallest absolute Gasteiger partial charge is 0.172 e. The van der Waals surface area contributed by atoms with Crippen molar-refractivity contribution in [3.05, 3.63) is 88.3 Å². The Hall–Kier alpha value is -2.84. The van der Waals surface area contributed by atoms with Crippen LogP contribution in [-0.4, -0.2) is 11.8 Å². The van der Waals surface area contributed by atoms with Crippen molar-refractivity contribution in [2.24, 2.45) is 5.11 Å². The highest BCUT2D eigenvalue weighted by Crippen LogP contribution is 2.12. The summed E-state index contributed by atoms with van der Waals surface area (Å²) in [6, 6.07) is 17.9. The molecule has 2 aromatic carbocycles. The Labute approximate surface area is 123 Å². The third-order valence-corrected chi connectivity index (χ3v) is 3.02. The molecule has 1 atom stereocenters. The van der Waals surface area contributed by atoms with Crippen LogP contribution in [0.1, 0.15) is 22.3 Å². The first kappa shape index (κ1) is 14.6. The lowest BCUT2D eigenvalue weighted by Gasteiger charge is -2.07. The van der Waals surface area contributed by atoms with E-state index in [9.17, 15) is 4.79 Å². The van der Waals surface area contributed by atoms with Crippen molar-refractivity contribution in [3.63, 3.8) is 0 Å². The fourth-order valence-corrected chi connectivity index (χ4v) is 1.96. The highest BCUT2D eigenvalue weighted by molar-refractivity contribution is 6.00. The second-order valence-electron chi connectivity index (χ2n) is 4.50. The van der Waals surface area contributed by atoms with Gasteiger partial charge in [0, 0.05) is 10.5 Å². The van der Waals surface area contributed by atoms with Gasteiger partial charge in [0.05, 0.1) is 0 Å². The number of hydrogen-bond acceptors (Lipinski definition) is 2. The summed E-state index contributed by atoms with van der Waals surface area (Å²) in [5, 5.41) is 3.61. The molecular weight excluding hydrogens is 262 g/mol. The summed E-state index contributed by atoms with van der Waals surface area (Å²) in [6.45, 7) is 0. The van der Waals surface area contributed by atoms with Gasteiger partial charge in [-0.2, -0.15) is 0 Å². The Balaban J connectivity index is 2.08. The van der Waals surface area contributed by atoms with Crippen LogP contribution in [-0.2, 0) is 0 Å². The minimum atomic E-state index is -0.711. The molecule has 4 heteroatoms. The van der Waals surface area contributed by atoms with Crippen molar-refractivity contribution < 1.29 is 4.79 Å². The predicted octanol–water partition coefficient (Wildman–Crippen LogP) is 4.65. The van der Waals surface area contributed by atoms with Crippen molar-refractivity contribution in [2.75, 3.05) is 0 Å². The Morgan fingerprint density at radius 1 is 1.10 bits per heavy atom. The van der Waals surface area contributed by atoms with Gasteiger partial charge >= 0.3 is 0 Å². The number of carbonyl (C=O) groups is 1. The zero-order chi connectivity index (χ0) is 14.9. The molecule has 2 aromatic rings. The third kappa shape index (κ3) is 4.34. The minimum Gasteiger partial charge on any atom is -0.294 e. The molecule has 0 aromatic heterocycles. The molecule has 0 saturated heterocycles. The minimum absolute atomic E-state index is 0.161. The van der Waals surface area contributed by atoms with E-state index in [0.29, 0.717) is 12.0 Å². The molecule has 0 saturated carbocycles. The molecule has 0 radical (unpaired) electrons. The van der Waals surface area contributed by atoms with Gasteiger partial charge < -0.3 is 0 Å². The topological polar surface area (TPSA) is 65.8 Å². The van der Waals surface area contributed by atoms with Crippen LogP contribution in [0.4, 0.5) is 0 Å². The molecule has 0 aliphatic rings. The van der Waals surface area contributed by atoms with Crippen LogP contribution in [0.25, 0.3) is 16.5 Å². The summed E-state index contributed by atoms with van der Waals surface area (Å²) in [5.74, 6) is -0.161. The molecule has 0 spiro atoms. The zero-order valence-electron chi connectivity index (χ0n) is 11.5. The summed E-state index contributed by atoms with van der Waals surface area (Å²) < 4.78 is 0. The van der Waals surface area contributed by atoms with Gasteiger partial charge in [0.1, 0.15) is 6.04 Å². The van der Waals surface area contributed by atoms with E-state index in [-0.39, 0.29) is 5.78 Å². The lowest BCUT2D eigenvalue weighted by atomic mass is 10.0. The highest BCUT2D eigenvalue weighted by atomic mass is 16.1. The van der Waals surface area contributed by atoms with Gasteiger partial charge in [0.25, 0.3) is 0 Å². The predicted molar refractivity (Wildman–Crippen MR) is 83.8 cm³/mol. The van der Waals surface area contributed by atoms with Crippen LogP contribution in [0.3, 0.4) is 0 Å². The molecule has 1 unspecified atom stereocenters. The van der Waals surface area contributed by atoms with Crippen molar-refractivity contribution in [1.82, 2.24) is 0 Å². The monoisotopic (exact) mass is 277 g/mol. The standard InChI is InChI=1S/C17H15N3O/c18-20-19-16(17(21)15-11-5-2-6-12-15)13-7-10-14-8-3-1-4-9-14/h1-12,16H,13H2. The number of benzene rings is 2. The van der Waals surface area contributed by atoms with Crippen LogP contribution >= 0.6 is 0 Å².